The number of nitrogens with two attached hydrogens (primary N) is 1. The average molecular weight is 182 g/mol. The van der Waals surface area contributed by atoms with Crippen molar-refractivity contribution < 1.29 is 4.79 Å². The third-order valence-corrected chi connectivity index (χ3v) is 3.27. The average Bonchev–Trinajstić information content (AvgIpc) is 2.62. The first-order valence-corrected chi connectivity index (χ1v) is 5.17. The van der Waals surface area contributed by atoms with Crippen molar-refractivity contribution >= 4 is 5.91 Å². The molecule has 0 aromatic carbocycles. The lowest BCUT2D eigenvalue weighted by Crippen LogP contribution is -2.38. The topological polar surface area (TPSA) is 55.1 Å². The molecule has 0 saturated heterocycles. The Balaban J connectivity index is 1.83. The first-order valence-electron chi connectivity index (χ1n) is 5.17. The molecule has 2 saturated carbocycles. The van der Waals surface area contributed by atoms with Crippen LogP contribution < -0.4 is 11.1 Å². The number of carbonyl (C=O) groups is 1. The second-order valence-corrected chi connectivity index (χ2v) is 4.82. The summed E-state index contributed by atoms with van der Waals surface area (Å²) in [6, 6.07) is 0.253. The van der Waals surface area contributed by atoms with E-state index in [0.29, 0.717) is 0 Å². The third-order valence-electron chi connectivity index (χ3n) is 3.27. The first-order chi connectivity index (χ1) is 6.09. The minimum atomic E-state index is 0.129. The summed E-state index contributed by atoms with van der Waals surface area (Å²) in [4.78, 5) is 11.7. The Morgan fingerprint density at radius 3 is 2.62 bits per heavy atom. The maximum Gasteiger partial charge on any atom is 0.223 e. The summed E-state index contributed by atoms with van der Waals surface area (Å²) in [6.07, 6.45) is 5.13. The zero-order chi connectivity index (χ0) is 9.47. The molecule has 2 fully saturated rings. The van der Waals surface area contributed by atoms with Gasteiger partial charge in [-0.1, -0.05) is 0 Å². The molecule has 2 aliphatic carbocycles. The zero-order valence-electron chi connectivity index (χ0n) is 8.18. The van der Waals surface area contributed by atoms with Crippen LogP contribution in [0, 0.1) is 5.92 Å². The van der Waals surface area contributed by atoms with Gasteiger partial charge >= 0.3 is 0 Å². The lowest BCUT2D eigenvalue weighted by Gasteiger charge is -2.15. The highest BCUT2D eigenvalue weighted by Gasteiger charge is 2.40. The molecule has 0 spiro atoms. The van der Waals surface area contributed by atoms with Gasteiger partial charge in [-0.25, -0.2) is 0 Å². The molecular weight excluding hydrogens is 164 g/mol. The quantitative estimate of drug-likeness (QED) is 0.663. The lowest BCUT2D eigenvalue weighted by atomic mass is 10.1. The van der Waals surface area contributed by atoms with Crippen LogP contribution in [-0.4, -0.2) is 17.5 Å². The van der Waals surface area contributed by atoms with Gasteiger partial charge in [-0.15, -0.1) is 0 Å². The second kappa shape index (κ2) is 2.98. The van der Waals surface area contributed by atoms with E-state index >= 15 is 0 Å². The molecule has 3 N–H and O–H groups in total. The van der Waals surface area contributed by atoms with Gasteiger partial charge in [-0.05, 0) is 39.0 Å². The van der Waals surface area contributed by atoms with Crippen LogP contribution in [0.5, 0.6) is 0 Å². The minimum absolute atomic E-state index is 0.129. The van der Waals surface area contributed by atoms with E-state index in [1.54, 1.807) is 0 Å². The Morgan fingerprint density at radius 2 is 2.15 bits per heavy atom. The molecule has 0 heterocycles. The fraction of sp³-hybridized carbons (Fsp3) is 0.900. The van der Waals surface area contributed by atoms with E-state index in [1.807, 2.05) is 0 Å². The summed E-state index contributed by atoms with van der Waals surface area (Å²) < 4.78 is 0. The summed E-state index contributed by atoms with van der Waals surface area (Å²) in [5, 5.41) is 3.10. The zero-order valence-corrected chi connectivity index (χ0v) is 8.18. The van der Waals surface area contributed by atoms with Crippen LogP contribution in [-0.2, 0) is 4.79 Å². The van der Waals surface area contributed by atoms with Crippen molar-refractivity contribution in [1.29, 1.82) is 0 Å². The fourth-order valence-corrected chi connectivity index (χ4v) is 1.97. The molecule has 0 bridgehead atoms. The lowest BCUT2D eigenvalue weighted by molar-refractivity contribution is -0.125. The molecule has 74 valence electrons. The van der Waals surface area contributed by atoms with E-state index in [0.717, 1.165) is 32.1 Å². The molecule has 3 heteroatoms. The van der Waals surface area contributed by atoms with E-state index in [2.05, 4.69) is 12.2 Å². The van der Waals surface area contributed by atoms with E-state index in [9.17, 15) is 4.79 Å². The SMILES string of the molecule is CC1(NC(=O)C2CCC(N)C2)CC1. The van der Waals surface area contributed by atoms with Crippen molar-refractivity contribution in [2.75, 3.05) is 0 Å². The number of nitrogens with one attached hydrogen (secondary N) is 1. The van der Waals surface area contributed by atoms with Gasteiger partial charge in [-0.2, -0.15) is 0 Å². The molecular formula is C10H18N2O. The van der Waals surface area contributed by atoms with E-state index in [1.165, 1.54) is 0 Å². The van der Waals surface area contributed by atoms with E-state index in [-0.39, 0.29) is 23.4 Å². The standard InChI is InChI=1S/C10H18N2O/c1-10(4-5-10)12-9(13)7-2-3-8(11)6-7/h7-8H,2-6,11H2,1H3,(H,12,13). The normalized spacial score (nSPS) is 35.8. The van der Waals surface area contributed by atoms with Gasteiger partial charge in [0.05, 0.1) is 0 Å². The molecule has 2 atom stereocenters. The predicted molar refractivity (Wildman–Crippen MR) is 51.1 cm³/mol. The molecule has 0 aromatic rings. The van der Waals surface area contributed by atoms with Crippen molar-refractivity contribution in [3.8, 4) is 0 Å². The van der Waals surface area contributed by atoms with Gasteiger partial charge in [0.25, 0.3) is 0 Å². The molecule has 0 radical (unpaired) electrons. The number of hydrogen-bond acceptors (Lipinski definition) is 2. The van der Waals surface area contributed by atoms with Gasteiger partial charge in [0.1, 0.15) is 0 Å². The predicted octanol–water partition coefficient (Wildman–Crippen LogP) is 0.783. The van der Waals surface area contributed by atoms with Crippen molar-refractivity contribution in [3.05, 3.63) is 0 Å². The Hall–Kier alpha value is -0.570. The molecule has 3 nitrogen and oxygen atoms in total. The van der Waals surface area contributed by atoms with Crippen LogP contribution in [0.4, 0.5) is 0 Å². The maximum absolute atomic E-state index is 11.7. The minimum Gasteiger partial charge on any atom is -0.351 e. The number of carbonyl (C=O) groups excluding carboxylic acids is 1. The monoisotopic (exact) mass is 182 g/mol. The van der Waals surface area contributed by atoms with Gasteiger partial charge in [0.15, 0.2) is 0 Å². The molecule has 1 amide bonds. The Bertz CT molecular complexity index is 223. The molecule has 2 rings (SSSR count). The number of hydrogen-bond donors (Lipinski definition) is 2. The smallest absolute Gasteiger partial charge is 0.223 e. The molecule has 13 heavy (non-hydrogen) atoms. The Kier molecular flexibility index (Phi) is 2.06. The van der Waals surface area contributed by atoms with Gasteiger partial charge in [-0.3, -0.25) is 4.79 Å². The summed E-state index contributed by atoms with van der Waals surface area (Å²) in [6.45, 7) is 2.11. The summed E-state index contributed by atoms with van der Waals surface area (Å²) >= 11 is 0. The van der Waals surface area contributed by atoms with Crippen molar-refractivity contribution in [2.45, 2.75) is 50.6 Å². The summed E-state index contributed by atoms with van der Waals surface area (Å²) in [5.41, 5.74) is 5.89. The van der Waals surface area contributed by atoms with Crippen LogP contribution in [0.3, 0.4) is 0 Å². The molecule has 0 aromatic heterocycles. The Labute approximate surface area is 79.1 Å². The van der Waals surface area contributed by atoms with Crippen LogP contribution in [0.15, 0.2) is 0 Å². The maximum atomic E-state index is 11.7. The van der Waals surface area contributed by atoms with Crippen molar-refractivity contribution in [2.24, 2.45) is 11.7 Å². The molecule has 2 unspecified atom stereocenters. The summed E-state index contributed by atoms with van der Waals surface area (Å²) in [7, 11) is 0. The van der Waals surface area contributed by atoms with Crippen molar-refractivity contribution in [3.63, 3.8) is 0 Å². The van der Waals surface area contributed by atoms with Crippen LogP contribution in [0.1, 0.15) is 39.0 Å². The highest BCUT2D eigenvalue weighted by atomic mass is 16.2. The van der Waals surface area contributed by atoms with Gasteiger partial charge < -0.3 is 11.1 Å². The fourth-order valence-electron chi connectivity index (χ4n) is 1.97. The van der Waals surface area contributed by atoms with E-state index in [4.69, 9.17) is 5.73 Å². The first kappa shape index (κ1) is 9.00. The van der Waals surface area contributed by atoms with Gasteiger partial charge in [0, 0.05) is 17.5 Å². The number of rotatable bonds is 2. The highest BCUT2D eigenvalue weighted by Crippen LogP contribution is 2.35. The second-order valence-electron chi connectivity index (χ2n) is 4.82. The number of amides is 1. The largest absolute Gasteiger partial charge is 0.351 e. The van der Waals surface area contributed by atoms with Crippen molar-refractivity contribution in [1.82, 2.24) is 5.32 Å². The molecule has 0 aliphatic heterocycles. The Morgan fingerprint density at radius 1 is 1.46 bits per heavy atom. The van der Waals surface area contributed by atoms with Crippen LogP contribution in [0.2, 0.25) is 0 Å². The summed E-state index contributed by atoms with van der Waals surface area (Å²) in [5.74, 6) is 0.417. The van der Waals surface area contributed by atoms with E-state index < -0.39 is 0 Å². The molecule has 2 aliphatic rings. The third kappa shape index (κ3) is 2.02. The van der Waals surface area contributed by atoms with Gasteiger partial charge in [0.2, 0.25) is 5.91 Å². The van der Waals surface area contributed by atoms with Crippen LogP contribution >= 0.6 is 0 Å². The van der Waals surface area contributed by atoms with Crippen LogP contribution in [0.25, 0.3) is 0 Å². The highest BCUT2D eigenvalue weighted by molar-refractivity contribution is 5.80.